The van der Waals surface area contributed by atoms with Crippen molar-refractivity contribution >= 4 is 22.9 Å². The molecule has 2 aromatic rings. The number of rotatable bonds is 2. The summed E-state index contributed by atoms with van der Waals surface area (Å²) in [6.07, 6.45) is -0.0625. The zero-order chi connectivity index (χ0) is 18.4. The number of aliphatic imine (C=N–C) groups is 1. The van der Waals surface area contributed by atoms with Crippen molar-refractivity contribution in [1.82, 2.24) is 4.90 Å². The van der Waals surface area contributed by atoms with Crippen LogP contribution in [-0.2, 0) is 0 Å². The Morgan fingerprint density at radius 3 is 2.50 bits per heavy atom. The highest BCUT2D eigenvalue weighted by molar-refractivity contribution is 5.94. The quantitative estimate of drug-likeness (QED) is 0.665. The van der Waals surface area contributed by atoms with Crippen LogP contribution in [0.4, 0.5) is 17.1 Å². The maximum atomic E-state index is 11.0. The number of fused-ring (bicyclic) bond motifs is 2. The van der Waals surface area contributed by atoms with Crippen LogP contribution in [0.3, 0.4) is 0 Å². The Kier molecular flexibility index (Phi) is 3.79. The number of amidine groups is 1. The molecular formula is C19H21N5O2. The third kappa shape index (κ3) is 2.47. The number of likely N-dealkylation sites (N-methyl/N-ethyl adjacent to an activating group) is 2. The van der Waals surface area contributed by atoms with Gasteiger partial charge in [0.25, 0.3) is 5.69 Å². The minimum absolute atomic E-state index is 0.0293. The Morgan fingerprint density at radius 1 is 1.15 bits per heavy atom. The van der Waals surface area contributed by atoms with Gasteiger partial charge < -0.3 is 15.1 Å². The van der Waals surface area contributed by atoms with Crippen molar-refractivity contribution in [2.24, 2.45) is 4.99 Å². The summed E-state index contributed by atoms with van der Waals surface area (Å²) in [5.41, 5.74) is 3.34. The van der Waals surface area contributed by atoms with Gasteiger partial charge in [0.1, 0.15) is 12.0 Å². The van der Waals surface area contributed by atoms with Crippen molar-refractivity contribution in [3.63, 3.8) is 0 Å². The lowest BCUT2D eigenvalue weighted by Crippen LogP contribution is -2.49. The summed E-state index contributed by atoms with van der Waals surface area (Å²) in [7, 11) is 6.06. The van der Waals surface area contributed by atoms with Crippen LogP contribution in [0.5, 0.6) is 0 Å². The molecule has 0 saturated carbocycles. The molecular weight excluding hydrogens is 330 g/mol. The van der Waals surface area contributed by atoms with Gasteiger partial charge in [-0.3, -0.25) is 10.1 Å². The second-order valence-corrected chi connectivity index (χ2v) is 6.92. The Balaban J connectivity index is 1.77. The van der Waals surface area contributed by atoms with E-state index in [1.54, 1.807) is 12.1 Å². The van der Waals surface area contributed by atoms with Gasteiger partial charge in [-0.1, -0.05) is 24.3 Å². The van der Waals surface area contributed by atoms with E-state index in [2.05, 4.69) is 29.4 Å². The average molecular weight is 351 g/mol. The summed E-state index contributed by atoms with van der Waals surface area (Å²) in [5, 5.41) is 14.5. The van der Waals surface area contributed by atoms with Crippen molar-refractivity contribution in [3.8, 4) is 0 Å². The average Bonchev–Trinajstić information content (AvgIpc) is 3.02. The normalized spacial score (nSPS) is 23.6. The summed E-state index contributed by atoms with van der Waals surface area (Å²) >= 11 is 0. The first-order valence-corrected chi connectivity index (χ1v) is 8.55. The molecule has 0 saturated heterocycles. The lowest BCUT2D eigenvalue weighted by atomic mass is 9.88. The van der Waals surface area contributed by atoms with Gasteiger partial charge in [-0.25, -0.2) is 4.99 Å². The van der Waals surface area contributed by atoms with Crippen LogP contribution >= 0.6 is 0 Å². The Labute approximate surface area is 152 Å². The number of nitrogens with zero attached hydrogens (tertiary/aromatic N) is 4. The molecule has 2 aliphatic rings. The fourth-order valence-corrected chi connectivity index (χ4v) is 3.95. The largest absolute Gasteiger partial charge is 0.366 e. The smallest absolute Gasteiger partial charge is 0.269 e. The van der Waals surface area contributed by atoms with E-state index in [0.717, 1.165) is 22.8 Å². The van der Waals surface area contributed by atoms with Crippen LogP contribution in [-0.4, -0.2) is 49.0 Å². The highest BCUT2D eigenvalue weighted by atomic mass is 16.6. The second-order valence-electron chi connectivity index (χ2n) is 6.92. The first kappa shape index (κ1) is 16.4. The number of nitrogens with one attached hydrogen (secondary N) is 1. The minimum atomic E-state index is -0.368. The van der Waals surface area contributed by atoms with Crippen molar-refractivity contribution in [2.45, 2.75) is 18.1 Å². The molecule has 0 spiro atoms. The molecule has 2 aliphatic heterocycles. The molecule has 7 heteroatoms. The molecule has 26 heavy (non-hydrogen) atoms. The predicted octanol–water partition coefficient (Wildman–Crippen LogP) is 2.91. The molecule has 0 unspecified atom stereocenters. The maximum absolute atomic E-state index is 11.0. The molecule has 0 amide bonds. The molecule has 0 radical (unpaired) electrons. The monoisotopic (exact) mass is 351 g/mol. The van der Waals surface area contributed by atoms with E-state index in [1.165, 1.54) is 0 Å². The van der Waals surface area contributed by atoms with Crippen molar-refractivity contribution in [2.75, 3.05) is 31.4 Å². The van der Waals surface area contributed by atoms with Gasteiger partial charge in [-0.2, -0.15) is 0 Å². The number of non-ortho nitro benzene ring substituents is 1. The molecule has 0 bridgehead atoms. The highest BCUT2D eigenvalue weighted by Crippen LogP contribution is 2.42. The van der Waals surface area contributed by atoms with Crippen LogP contribution in [0.25, 0.3) is 0 Å². The summed E-state index contributed by atoms with van der Waals surface area (Å²) < 4.78 is 0. The Bertz CT molecular complexity index is 878. The van der Waals surface area contributed by atoms with E-state index in [-0.39, 0.29) is 28.7 Å². The highest BCUT2D eigenvalue weighted by Gasteiger charge is 2.46. The number of para-hydroxylation sites is 2. The van der Waals surface area contributed by atoms with Crippen molar-refractivity contribution in [3.05, 3.63) is 64.2 Å². The van der Waals surface area contributed by atoms with E-state index >= 15 is 0 Å². The molecule has 4 rings (SSSR count). The van der Waals surface area contributed by atoms with Gasteiger partial charge >= 0.3 is 0 Å². The zero-order valence-electron chi connectivity index (χ0n) is 15.0. The lowest BCUT2D eigenvalue weighted by Gasteiger charge is -2.41. The summed E-state index contributed by atoms with van der Waals surface area (Å²) in [6, 6.07) is 15.1. The Morgan fingerprint density at radius 2 is 1.85 bits per heavy atom. The van der Waals surface area contributed by atoms with Crippen LogP contribution in [0.2, 0.25) is 0 Å². The predicted molar refractivity (Wildman–Crippen MR) is 103 cm³/mol. The molecule has 0 aromatic heterocycles. The summed E-state index contributed by atoms with van der Waals surface area (Å²) in [4.78, 5) is 19.8. The molecule has 134 valence electrons. The Hall–Kier alpha value is -3.09. The molecule has 3 atom stereocenters. The van der Waals surface area contributed by atoms with E-state index in [0.29, 0.717) is 0 Å². The number of anilines is 2. The number of hydrogen-bond acceptors (Lipinski definition) is 6. The third-order valence-electron chi connectivity index (χ3n) is 5.17. The fourth-order valence-electron chi connectivity index (χ4n) is 3.95. The number of benzene rings is 2. The van der Waals surface area contributed by atoms with E-state index in [1.807, 2.05) is 43.3 Å². The molecule has 0 fully saturated rings. The zero-order valence-corrected chi connectivity index (χ0v) is 15.0. The fraction of sp³-hybridized carbons (Fsp3) is 0.316. The van der Waals surface area contributed by atoms with E-state index < -0.39 is 0 Å². The molecule has 1 N–H and O–H groups in total. The van der Waals surface area contributed by atoms with Crippen molar-refractivity contribution < 1.29 is 4.92 Å². The standard InChI is InChI=1S/C19H21N5O2/c1-22(2)19-16(12-8-10-13(11-9-12)24(25)26)17-18(21-19)20-14-6-4-5-7-15(14)23(17)3/h4-11,16-18,20H,1-3H3/t16-,17+,18+/m1/s1. The van der Waals surface area contributed by atoms with E-state index in [9.17, 15) is 10.1 Å². The van der Waals surface area contributed by atoms with Crippen LogP contribution < -0.4 is 10.2 Å². The number of nitro groups is 1. The van der Waals surface area contributed by atoms with Gasteiger partial charge in [0.05, 0.1) is 28.3 Å². The molecule has 0 aliphatic carbocycles. The molecule has 2 aromatic carbocycles. The molecule has 7 nitrogen and oxygen atoms in total. The van der Waals surface area contributed by atoms with Crippen molar-refractivity contribution in [1.29, 1.82) is 0 Å². The third-order valence-corrected chi connectivity index (χ3v) is 5.17. The first-order chi connectivity index (χ1) is 12.5. The van der Waals surface area contributed by atoms with Crippen LogP contribution in [0, 0.1) is 10.1 Å². The number of hydrogen-bond donors (Lipinski definition) is 1. The SMILES string of the molecule is CN(C)C1=N[C@@H]2Nc3ccccc3N(C)[C@H]2[C@H]1c1ccc([N+](=O)[O-])cc1. The topological polar surface area (TPSA) is 74.0 Å². The van der Waals surface area contributed by atoms with Gasteiger partial charge in [-0.05, 0) is 17.7 Å². The van der Waals surface area contributed by atoms with Crippen LogP contribution in [0.1, 0.15) is 11.5 Å². The summed E-state index contributed by atoms with van der Waals surface area (Å²) in [6.45, 7) is 0. The van der Waals surface area contributed by atoms with E-state index in [4.69, 9.17) is 4.99 Å². The maximum Gasteiger partial charge on any atom is 0.269 e. The lowest BCUT2D eigenvalue weighted by molar-refractivity contribution is -0.384. The van der Waals surface area contributed by atoms with Gasteiger partial charge in [0, 0.05) is 33.3 Å². The second kappa shape index (κ2) is 6.01. The number of nitro benzene ring substituents is 1. The van der Waals surface area contributed by atoms with Gasteiger partial charge in [0.15, 0.2) is 0 Å². The minimum Gasteiger partial charge on any atom is -0.366 e. The summed E-state index contributed by atoms with van der Waals surface area (Å²) in [5.74, 6) is 1.00. The first-order valence-electron chi connectivity index (χ1n) is 8.55. The van der Waals surface area contributed by atoms with Crippen LogP contribution in [0.15, 0.2) is 53.5 Å². The molecule has 2 heterocycles. The van der Waals surface area contributed by atoms with Gasteiger partial charge in [0.2, 0.25) is 0 Å². The van der Waals surface area contributed by atoms with Gasteiger partial charge in [-0.15, -0.1) is 0 Å².